The van der Waals surface area contributed by atoms with Crippen molar-refractivity contribution in [1.82, 2.24) is 4.57 Å². The molecule has 0 radical (unpaired) electrons. The lowest BCUT2D eigenvalue weighted by atomic mass is 10.0. The Labute approximate surface area is 112 Å². The van der Waals surface area contributed by atoms with Gasteiger partial charge in [-0.1, -0.05) is 6.07 Å². The second-order valence-corrected chi connectivity index (χ2v) is 5.05. The van der Waals surface area contributed by atoms with Gasteiger partial charge in [-0.3, -0.25) is 4.79 Å². The smallest absolute Gasteiger partial charge is 0.336 e. The van der Waals surface area contributed by atoms with Crippen LogP contribution in [-0.2, 0) is 7.05 Å². The first-order valence-corrected chi connectivity index (χ1v) is 6.17. The van der Waals surface area contributed by atoms with Gasteiger partial charge < -0.3 is 9.67 Å². The molecule has 0 spiro atoms. The summed E-state index contributed by atoms with van der Waals surface area (Å²) in [6, 6.07) is 3.62. The van der Waals surface area contributed by atoms with Crippen molar-refractivity contribution in [3.05, 3.63) is 43.6 Å². The number of hydrogen-bond donors (Lipinski definition) is 1. The van der Waals surface area contributed by atoms with E-state index in [1.807, 2.05) is 13.0 Å². The second-order valence-electron chi connectivity index (χ2n) is 4.26. The average Bonchev–Trinajstić information content (AvgIpc) is 2.31. The molecule has 0 amide bonds. The number of fused-ring (bicyclic) bond motifs is 1. The van der Waals surface area contributed by atoms with Crippen LogP contribution in [0.25, 0.3) is 10.9 Å². The predicted molar refractivity (Wildman–Crippen MR) is 73.3 cm³/mol. The fourth-order valence-electron chi connectivity index (χ4n) is 2.11. The van der Waals surface area contributed by atoms with E-state index in [-0.39, 0.29) is 16.7 Å². The maximum atomic E-state index is 12.0. The summed E-state index contributed by atoms with van der Waals surface area (Å²) in [5.41, 5.74) is 1.59. The highest BCUT2D eigenvalue weighted by Crippen LogP contribution is 2.30. The first kappa shape index (κ1) is 12.8. The minimum Gasteiger partial charge on any atom is -0.478 e. The fraction of sp³-hybridized carbons (Fsp3) is 0.231. The summed E-state index contributed by atoms with van der Waals surface area (Å²) in [4.78, 5) is 23.4. The molecule has 1 aromatic heterocycles. The molecule has 0 atom stereocenters. The molecule has 0 fully saturated rings. The van der Waals surface area contributed by atoms with Gasteiger partial charge in [0, 0.05) is 22.5 Å². The zero-order valence-electron chi connectivity index (χ0n) is 10.2. The number of halogens is 1. The van der Waals surface area contributed by atoms with Crippen molar-refractivity contribution < 1.29 is 9.90 Å². The number of rotatable bonds is 1. The molecule has 94 valence electrons. The number of aromatic nitrogens is 1. The van der Waals surface area contributed by atoms with E-state index in [1.165, 1.54) is 4.57 Å². The zero-order chi connectivity index (χ0) is 13.6. The third-order valence-electron chi connectivity index (χ3n) is 3.14. The third-order valence-corrected chi connectivity index (χ3v) is 4.16. The highest BCUT2D eigenvalue weighted by molar-refractivity contribution is 9.10. The maximum Gasteiger partial charge on any atom is 0.336 e. The van der Waals surface area contributed by atoms with Crippen molar-refractivity contribution in [2.45, 2.75) is 13.8 Å². The van der Waals surface area contributed by atoms with Crippen LogP contribution >= 0.6 is 15.9 Å². The lowest BCUT2D eigenvalue weighted by Crippen LogP contribution is -2.23. The van der Waals surface area contributed by atoms with Gasteiger partial charge >= 0.3 is 5.97 Å². The largest absolute Gasteiger partial charge is 0.478 e. The number of carboxylic acid groups (broad SMARTS) is 1. The summed E-state index contributed by atoms with van der Waals surface area (Å²) < 4.78 is 2.19. The van der Waals surface area contributed by atoms with Crippen molar-refractivity contribution in [3.63, 3.8) is 0 Å². The second kappa shape index (κ2) is 4.24. The van der Waals surface area contributed by atoms with Gasteiger partial charge in [0.25, 0.3) is 5.56 Å². The number of nitrogens with zero attached hydrogens (tertiary/aromatic N) is 1. The predicted octanol–water partition coefficient (Wildman–Crippen LogP) is 2.62. The molecule has 0 saturated carbocycles. The van der Waals surface area contributed by atoms with Crippen LogP contribution in [0, 0.1) is 13.8 Å². The quantitative estimate of drug-likeness (QED) is 0.881. The van der Waals surface area contributed by atoms with Crippen LogP contribution in [0.3, 0.4) is 0 Å². The Balaban J connectivity index is 3.19. The Morgan fingerprint density at radius 1 is 1.33 bits per heavy atom. The molecule has 18 heavy (non-hydrogen) atoms. The van der Waals surface area contributed by atoms with Gasteiger partial charge in [0.1, 0.15) is 0 Å². The van der Waals surface area contributed by atoms with Crippen LogP contribution in [0.2, 0.25) is 0 Å². The SMILES string of the molecule is Cc1ccc2c(c1Br)c(C(=O)O)c(C)c(=O)n2C. The molecule has 1 heterocycles. The van der Waals surface area contributed by atoms with E-state index in [0.717, 1.165) is 10.0 Å². The van der Waals surface area contributed by atoms with Crippen molar-refractivity contribution in [2.75, 3.05) is 0 Å². The minimum absolute atomic E-state index is 0.0728. The van der Waals surface area contributed by atoms with Gasteiger partial charge in [-0.25, -0.2) is 4.79 Å². The van der Waals surface area contributed by atoms with Gasteiger partial charge in [-0.15, -0.1) is 0 Å². The van der Waals surface area contributed by atoms with Gasteiger partial charge in [-0.2, -0.15) is 0 Å². The number of benzene rings is 1. The number of carboxylic acids is 1. The lowest BCUT2D eigenvalue weighted by Gasteiger charge is -2.13. The molecule has 2 aromatic rings. The van der Waals surface area contributed by atoms with E-state index < -0.39 is 5.97 Å². The van der Waals surface area contributed by atoms with E-state index in [1.54, 1.807) is 20.0 Å². The van der Waals surface area contributed by atoms with E-state index in [4.69, 9.17) is 0 Å². The summed E-state index contributed by atoms with van der Waals surface area (Å²) in [6.07, 6.45) is 0. The lowest BCUT2D eigenvalue weighted by molar-refractivity contribution is 0.0698. The van der Waals surface area contributed by atoms with Gasteiger partial charge in [0.2, 0.25) is 0 Å². The van der Waals surface area contributed by atoms with Crippen LogP contribution < -0.4 is 5.56 Å². The van der Waals surface area contributed by atoms with Crippen molar-refractivity contribution in [1.29, 1.82) is 0 Å². The highest BCUT2D eigenvalue weighted by atomic mass is 79.9. The average molecular weight is 310 g/mol. The number of aryl methyl sites for hydroxylation is 2. The monoisotopic (exact) mass is 309 g/mol. The molecule has 0 unspecified atom stereocenters. The first-order chi connectivity index (χ1) is 8.36. The van der Waals surface area contributed by atoms with Crippen LogP contribution in [0.4, 0.5) is 0 Å². The Hall–Kier alpha value is -1.62. The first-order valence-electron chi connectivity index (χ1n) is 5.38. The third kappa shape index (κ3) is 1.66. The van der Waals surface area contributed by atoms with Crippen LogP contribution in [-0.4, -0.2) is 15.6 Å². The van der Waals surface area contributed by atoms with Gasteiger partial charge in [0.05, 0.1) is 11.1 Å². The number of aromatic carboxylic acids is 1. The van der Waals surface area contributed by atoms with Crippen molar-refractivity contribution in [2.24, 2.45) is 7.05 Å². The summed E-state index contributed by atoms with van der Waals surface area (Å²) in [6.45, 7) is 3.43. The molecular formula is C13H12BrNO3. The molecule has 0 saturated heterocycles. The number of pyridine rings is 1. The highest BCUT2D eigenvalue weighted by Gasteiger charge is 2.20. The summed E-state index contributed by atoms with van der Waals surface area (Å²) in [7, 11) is 1.64. The summed E-state index contributed by atoms with van der Waals surface area (Å²) >= 11 is 3.41. The van der Waals surface area contributed by atoms with E-state index in [9.17, 15) is 14.7 Å². The fourth-order valence-corrected chi connectivity index (χ4v) is 2.64. The number of carbonyl (C=O) groups is 1. The van der Waals surface area contributed by atoms with E-state index >= 15 is 0 Å². The molecule has 4 nitrogen and oxygen atoms in total. The molecule has 0 aliphatic rings. The van der Waals surface area contributed by atoms with E-state index in [0.29, 0.717) is 10.9 Å². The van der Waals surface area contributed by atoms with Gasteiger partial charge in [0.15, 0.2) is 0 Å². The van der Waals surface area contributed by atoms with E-state index in [2.05, 4.69) is 15.9 Å². The van der Waals surface area contributed by atoms with Crippen LogP contribution in [0.15, 0.2) is 21.4 Å². The molecule has 5 heteroatoms. The molecule has 2 rings (SSSR count). The summed E-state index contributed by atoms with van der Waals surface area (Å²) in [5.74, 6) is -1.08. The molecule has 0 bridgehead atoms. The Kier molecular flexibility index (Phi) is 3.02. The molecular weight excluding hydrogens is 298 g/mol. The Morgan fingerprint density at radius 2 is 1.94 bits per heavy atom. The van der Waals surface area contributed by atoms with Crippen molar-refractivity contribution in [3.8, 4) is 0 Å². The molecule has 1 N–H and O–H groups in total. The minimum atomic E-state index is -1.08. The normalized spacial score (nSPS) is 10.9. The topological polar surface area (TPSA) is 59.3 Å². The van der Waals surface area contributed by atoms with Crippen LogP contribution in [0.5, 0.6) is 0 Å². The van der Waals surface area contributed by atoms with Crippen molar-refractivity contribution >= 4 is 32.8 Å². The molecule has 0 aliphatic carbocycles. The van der Waals surface area contributed by atoms with Crippen LogP contribution in [0.1, 0.15) is 21.5 Å². The molecule has 1 aromatic carbocycles. The maximum absolute atomic E-state index is 12.0. The zero-order valence-corrected chi connectivity index (χ0v) is 11.8. The van der Waals surface area contributed by atoms with Gasteiger partial charge in [-0.05, 0) is 41.4 Å². The standard InChI is InChI=1S/C13H12BrNO3/c1-6-4-5-8-10(11(6)14)9(13(17)18)7(2)12(16)15(8)3/h4-5H,1-3H3,(H,17,18). The summed E-state index contributed by atoms with van der Waals surface area (Å²) in [5, 5.41) is 9.90. The number of hydrogen-bond acceptors (Lipinski definition) is 2. The Bertz CT molecular complexity index is 731. The molecule has 0 aliphatic heterocycles. The Morgan fingerprint density at radius 3 is 2.50 bits per heavy atom.